The van der Waals surface area contributed by atoms with Crippen molar-refractivity contribution >= 4 is 23.0 Å². The van der Waals surface area contributed by atoms with Crippen LogP contribution in [-0.2, 0) is 28.8 Å². The molecule has 1 saturated heterocycles. The summed E-state index contributed by atoms with van der Waals surface area (Å²) in [5.74, 6) is 0.0833. The predicted molar refractivity (Wildman–Crippen MR) is 97.1 cm³/mol. The van der Waals surface area contributed by atoms with Crippen molar-refractivity contribution in [1.29, 1.82) is 0 Å². The van der Waals surface area contributed by atoms with Crippen LogP contribution in [0.4, 0.5) is 4.79 Å². The molecule has 2 aliphatic rings. The lowest BCUT2D eigenvalue weighted by Gasteiger charge is -2.21. The van der Waals surface area contributed by atoms with E-state index in [0.29, 0.717) is 32.6 Å². The van der Waals surface area contributed by atoms with E-state index in [1.807, 2.05) is 4.90 Å². The number of amides is 2. The molecule has 2 amide bonds. The summed E-state index contributed by atoms with van der Waals surface area (Å²) in [4.78, 5) is 28.0. The number of carbonyl (C=O) groups excluding carboxylic acids is 2. The summed E-state index contributed by atoms with van der Waals surface area (Å²) >= 11 is 0. The number of furan rings is 1. The minimum Gasteiger partial charge on any atom is -0.464 e. The fourth-order valence-electron chi connectivity index (χ4n) is 4.04. The lowest BCUT2D eigenvalue weighted by molar-refractivity contribution is -0.130. The number of benzene rings is 1. The maximum Gasteiger partial charge on any atom is 0.409 e. The Morgan fingerprint density at radius 1 is 1.04 bits per heavy atom. The van der Waals surface area contributed by atoms with Crippen LogP contribution in [0.5, 0.6) is 0 Å². The Kier molecular flexibility index (Phi) is 4.57. The smallest absolute Gasteiger partial charge is 0.409 e. The third-order valence-electron chi connectivity index (χ3n) is 5.49. The summed E-state index contributed by atoms with van der Waals surface area (Å²) in [5.41, 5.74) is 4.59. The second kappa shape index (κ2) is 7.02. The Bertz CT molecular complexity index is 842. The maximum absolute atomic E-state index is 12.8. The van der Waals surface area contributed by atoms with Gasteiger partial charge < -0.3 is 19.0 Å². The fraction of sp³-hybridized carbons (Fsp3) is 0.500. The van der Waals surface area contributed by atoms with Gasteiger partial charge in [-0.15, -0.1) is 0 Å². The summed E-state index contributed by atoms with van der Waals surface area (Å²) in [6.45, 7) is 2.34. The quantitative estimate of drug-likeness (QED) is 0.830. The van der Waals surface area contributed by atoms with Crippen LogP contribution >= 0.6 is 0 Å². The van der Waals surface area contributed by atoms with Gasteiger partial charge in [-0.2, -0.15) is 0 Å². The summed E-state index contributed by atoms with van der Waals surface area (Å²) in [6, 6.07) is 4.33. The molecule has 4 rings (SSSR count). The minimum atomic E-state index is -0.325. The normalized spacial score (nSPS) is 17.3. The Morgan fingerprint density at radius 2 is 1.77 bits per heavy atom. The first-order valence-corrected chi connectivity index (χ1v) is 9.28. The Hall–Kier alpha value is -2.50. The number of hydrogen-bond acceptors (Lipinski definition) is 4. The molecule has 6 nitrogen and oxygen atoms in total. The van der Waals surface area contributed by atoms with Crippen molar-refractivity contribution in [3.8, 4) is 0 Å². The molecule has 1 aliphatic carbocycles. The molecule has 26 heavy (non-hydrogen) atoms. The van der Waals surface area contributed by atoms with Crippen LogP contribution in [0.2, 0.25) is 0 Å². The lowest BCUT2D eigenvalue weighted by atomic mass is 10.0. The summed E-state index contributed by atoms with van der Waals surface area (Å²) in [5, 5.41) is 1.06. The minimum absolute atomic E-state index is 0.0833. The van der Waals surface area contributed by atoms with Gasteiger partial charge in [-0.05, 0) is 48.9 Å². The third-order valence-corrected chi connectivity index (χ3v) is 5.49. The van der Waals surface area contributed by atoms with Crippen LogP contribution in [-0.4, -0.2) is 55.1 Å². The van der Waals surface area contributed by atoms with Gasteiger partial charge in [-0.3, -0.25) is 4.79 Å². The summed E-state index contributed by atoms with van der Waals surface area (Å²) < 4.78 is 10.5. The first-order chi connectivity index (χ1) is 12.7. The third kappa shape index (κ3) is 3.16. The van der Waals surface area contributed by atoms with E-state index in [2.05, 4.69) is 12.1 Å². The van der Waals surface area contributed by atoms with Gasteiger partial charge in [0.15, 0.2) is 0 Å². The highest BCUT2D eigenvalue weighted by molar-refractivity contribution is 5.88. The second-order valence-corrected chi connectivity index (χ2v) is 7.10. The maximum atomic E-state index is 12.8. The highest BCUT2D eigenvalue weighted by Crippen LogP contribution is 2.30. The largest absolute Gasteiger partial charge is 0.464 e. The van der Waals surface area contributed by atoms with Crippen LogP contribution in [0.3, 0.4) is 0 Å². The van der Waals surface area contributed by atoms with Crippen molar-refractivity contribution in [3.05, 3.63) is 35.1 Å². The van der Waals surface area contributed by atoms with Gasteiger partial charge >= 0.3 is 6.09 Å². The lowest BCUT2D eigenvalue weighted by Crippen LogP contribution is -2.37. The molecule has 0 radical (unpaired) electrons. The zero-order chi connectivity index (χ0) is 18.1. The zero-order valence-corrected chi connectivity index (χ0v) is 15.1. The summed E-state index contributed by atoms with van der Waals surface area (Å²) in [7, 11) is 1.39. The number of fused-ring (bicyclic) bond motifs is 2. The monoisotopic (exact) mass is 356 g/mol. The molecule has 0 spiro atoms. The predicted octanol–water partition coefficient (Wildman–Crippen LogP) is 2.76. The van der Waals surface area contributed by atoms with Crippen molar-refractivity contribution in [2.75, 3.05) is 33.3 Å². The molecule has 6 heteroatoms. The fourth-order valence-corrected chi connectivity index (χ4v) is 4.04. The molecule has 0 saturated carbocycles. The van der Waals surface area contributed by atoms with Crippen molar-refractivity contribution in [2.24, 2.45) is 0 Å². The van der Waals surface area contributed by atoms with Gasteiger partial charge in [-0.1, -0.05) is 0 Å². The number of rotatable bonds is 2. The van der Waals surface area contributed by atoms with Crippen molar-refractivity contribution in [1.82, 2.24) is 9.80 Å². The Morgan fingerprint density at radius 3 is 2.58 bits per heavy atom. The van der Waals surface area contributed by atoms with Crippen LogP contribution in [0.25, 0.3) is 11.0 Å². The molecular formula is C20H24N2O4. The average Bonchev–Trinajstić information content (AvgIpc) is 3.17. The van der Waals surface area contributed by atoms with E-state index in [-0.39, 0.29) is 12.0 Å². The van der Waals surface area contributed by atoms with Crippen LogP contribution in [0, 0.1) is 0 Å². The van der Waals surface area contributed by atoms with E-state index >= 15 is 0 Å². The van der Waals surface area contributed by atoms with Crippen LogP contribution in [0.1, 0.15) is 29.5 Å². The zero-order valence-electron chi connectivity index (χ0n) is 15.1. The van der Waals surface area contributed by atoms with Crippen LogP contribution < -0.4 is 0 Å². The van der Waals surface area contributed by atoms with E-state index in [4.69, 9.17) is 9.15 Å². The van der Waals surface area contributed by atoms with Gasteiger partial charge in [-0.25, -0.2) is 4.79 Å². The standard InChI is InChI=1S/C20H24N2O4/c1-25-20(24)22-7-3-6-21(8-9-22)19(23)12-16-13-26-18-11-15-5-2-4-14(15)10-17(16)18/h10-11,13H,2-9,12H2,1H3. The van der Waals surface area contributed by atoms with E-state index in [1.54, 1.807) is 11.2 Å². The molecular weight excluding hydrogens is 332 g/mol. The highest BCUT2D eigenvalue weighted by atomic mass is 16.5. The molecule has 2 aromatic rings. The molecule has 1 aromatic heterocycles. The van der Waals surface area contributed by atoms with Gasteiger partial charge in [0.25, 0.3) is 0 Å². The number of carbonyl (C=O) groups is 2. The Labute approximate surface area is 152 Å². The Balaban J connectivity index is 1.46. The molecule has 138 valence electrons. The van der Waals surface area contributed by atoms with E-state index in [0.717, 1.165) is 35.8 Å². The molecule has 0 bridgehead atoms. The number of hydrogen-bond donors (Lipinski definition) is 0. The SMILES string of the molecule is COC(=O)N1CCCN(C(=O)Cc2coc3cc4c(cc23)CCC4)CC1. The topological polar surface area (TPSA) is 63.0 Å². The highest BCUT2D eigenvalue weighted by Gasteiger charge is 2.23. The van der Waals surface area contributed by atoms with E-state index in [9.17, 15) is 9.59 Å². The van der Waals surface area contributed by atoms with Gasteiger partial charge in [0, 0.05) is 37.1 Å². The van der Waals surface area contributed by atoms with Crippen molar-refractivity contribution < 1.29 is 18.7 Å². The first kappa shape index (κ1) is 16.9. The number of methoxy groups -OCH3 is 1. The number of aryl methyl sites for hydroxylation is 2. The van der Waals surface area contributed by atoms with Gasteiger partial charge in [0.05, 0.1) is 19.8 Å². The van der Waals surface area contributed by atoms with Crippen LogP contribution in [0.15, 0.2) is 22.8 Å². The molecule has 0 unspecified atom stereocenters. The van der Waals surface area contributed by atoms with Crippen molar-refractivity contribution in [3.63, 3.8) is 0 Å². The molecule has 2 heterocycles. The van der Waals surface area contributed by atoms with Crippen molar-refractivity contribution in [2.45, 2.75) is 32.1 Å². The van der Waals surface area contributed by atoms with E-state index < -0.39 is 0 Å². The van der Waals surface area contributed by atoms with Gasteiger partial charge in [0.1, 0.15) is 5.58 Å². The molecule has 1 aliphatic heterocycles. The molecule has 1 aromatic carbocycles. The first-order valence-electron chi connectivity index (χ1n) is 9.28. The summed E-state index contributed by atoms with van der Waals surface area (Å²) in [6.07, 6.45) is 5.92. The van der Waals surface area contributed by atoms with E-state index in [1.165, 1.54) is 24.7 Å². The molecule has 0 N–H and O–H groups in total. The molecule has 1 fully saturated rings. The number of ether oxygens (including phenoxy) is 1. The average molecular weight is 356 g/mol. The number of nitrogens with zero attached hydrogens (tertiary/aromatic N) is 2. The second-order valence-electron chi connectivity index (χ2n) is 7.10. The molecule has 0 atom stereocenters. The van der Waals surface area contributed by atoms with Gasteiger partial charge in [0.2, 0.25) is 5.91 Å².